The van der Waals surface area contributed by atoms with Crippen LogP contribution in [0.15, 0.2) is 0 Å². The van der Waals surface area contributed by atoms with Crippen molar-refractivity contribution in [1.82, 2.24) is 5.32 Å². The molecule has 4 fully saturated rings. The Bertz CT molecular complexity index is 824. The molecule has 7 heteroatoms. The van der Waals surface area contributed by atoms with Gasteiger partial charge in [-0.05, 0) is 82.6 Å². The van der Waals surface area contributed by atoms with Crippen LogP contribution in [-0.2, 0) is 14.3 Å². The first kappa shape index (κ1) is 20.4. The zero-order valence-corrected chi connectivity index (χ0v) is 18.4. The summed E-state index contributed by atoms with van der Waals surface area (Å²) in [6.45, 7) is 6.75. The molecule has 1 atom stereocenters. The van der Waals surface area contributed by atoms with E-state index >= 15 is 0 Å². The highest BCUT2D eigenvalue weighted by Gasteiger charge is 2.51. The van der Waals surface area contributed by atoms with Gasteiger partial charge in [-0.3, -0.25) is 9.59 Å². The number of anilines is 1. The van der Waals surface area contributed by atoms with Gasteiger partial charge in [-0.1, -0.05) is 0 Å². The van der Waals surface area contributed by atoms with Gasteiger partial charge < -0.3 is 15.4 Å². The lowest BCUT2D eigenvalue weighted by molar-refractivity contribution is -0.134. The number of nitrogens with one attached hydrogen (secondary N) is 2. The number of carbonyl (C=O) groups is 3. The maximum Gasteiger partial charge on any atom is 0.342 e. The summed E-state index contributed by atoms with van der Waals surface area (Å²) >= 11 is 1.34. The van der Waals surface area contributed by atoms with Crippen LogP contribution in [0.4, 0.5) is 5.00 Å². The molecular weight excluding hydrogens is 388 g/mol. The molecule has 4 bridgehead atoms. The van der Waals surface area contributed by atoms with Crippen molar-refractivity contribution in [3.63, 3.8) is 0 Å². The van der Waals surface area contributed by atoms with E-state index in [4.69, 9.17) is 4.74 Å². The Hall–Kier alpha value is -1.89. The van der Waals surface area contributed by atoms with Crippen LogP contribution in [0, 0.1) is 31.6 Å². The predicted octanol–water partition coefficient (Wildman–Crippen LogP) is 3.95. The zero-order valence-electron chi connectivity index (χ0n) is 17.6. The van der Waals surface area contributed by atoms with Crippen LogP contribution in [0.2, 0.25) is 0 Å². The van der Waals surface area contributed by atoms with Crippen LogP contribution in [0.1, 0.15) is 73.2 Å². The average molecular weight is 419 g/mol. The molecule has 29 heavy (non-hydrogen) atoms. The van der Waals surface area contributed by atoms with Crippen molar-refractivity contribution < 1.29 is 19.1 Å². The molecule has 4 aliphatic rings. The van der Waals surface area contributed by atoms with Gasteiger partial charge in [0.2, 0.25) is 5.91 Å². The minimum Gasteiger partial charge on any atom is -0.449 e. The zero-order chi connectivity index (χ0) is 20.9. The van der Waals surface area contributed by atoms with Gasteiger partial charge in [0.05, 0.1) is 5.56 Å². The summed E-state index contributed by atoms with van der Waals surface area (Å²) in [4.78, 5) is 38.1. The Balaban J connectivity index is 1.43. The van der Waals surface area contributed by atoms with E-state index in [1.165, 1.54) is 37.5 Å². The summed E-state index contributed by atoms with van der Waals surface area (Å²) < 4.78 is 5.53. The molecule has 6 nitrogen and oxygen atoms in total. The van der Waals surface area contributed by atoms with Crippen molar-refractivity contribution in [2.24, 2.45) is 17.8 Å². The van der Waals surface area contributed by atoms with E-state index in [-0.39, 0.29) is 17.4 Å². The first-order chi connectivity index (χ1) is 13.7. The van der Waals surface area contributed by atoms with Crippen LogP contribution in [-0.4, -0.2) is 29.4 Å². The topological polar surface area (TPSA) is 84.5 Å². The minimum absolute atomic E-state index is 0.108. The summed E-state index contributed by atoms with van der Waals surface area (Å²) in [5.41, 5.74) is 1.01. The lowest BCUT2D eigenvalue weighted by Crippen LogP contribution is -2.61. The molecule has 0 unspecified atom stereocenters. The molecule has 4 aliphatic carbocycles. The van der Waals surface area contributed by atoms with Crippen LogP contribution in [0.5, 0.6) is 0 Å². The molecule has 0 spiro atoms. The predicted molar refractivity (Wildman–Crippen MR) is 112 cm³/mol. The van der Waals surface area contributed by atoms with Gasteiger partial charge in [0.1, 0.15) is 5.00 Å². The maximum absolute atomic E-state index is 12.9. The highest BCUT2D eigenvalue weighted by atomic mass is 32.1. The third kappa shape index (κ3) is 3.93. The largest absolute Gasteiger partial charge is 0.449 e. The fraction of sp³-hybridized carbons (Fsp3) is 0.682. The summed E-state index contributed by atoms with van der Waals surface area (Å²) in [5.74, 6) is 1.17. The average Bonchev–Trinajstić information content (AvgIpc) is 2.86. The first-order valence-electron chi connectivity index (χ1n) is 10.6. The number of ether oxygens (including phenoxy) is 1. The van der Waals surface area contributed by atoms with E-state index in [2.05, 4.69) is 10.6 Å². The smallest absolute Gasteiger partial charge is 0.342 e. The molecule has 1 heterocycles. The third-order valence-corrected chi connectivity index (χ3v) is 8.08. The molecule has 1 aromatic rings. The number of aryl methyl sites for hydroxylation is 1. The SMILES string of the molecule is CC(=O)Nc1sc(C)c(C)c1C(=O)O[C@H](C)C(=O)NC12CC3CC(CC(C3)C1)C2. The quantitative estimate of drug-likeness (QED) is 0.709. The Labute approximate surface area is 175 Å². The number of hydrogen-bond acceptors (Lipinski definition) is 5. The Morgan fingerprint density at radius 1 is 1.07 bits per heavy atom. The molecule has 0 aromatic carbocycles. The van der Waals surface area contributed by atoms with Gasteiger partial charge in [0.25, 0.3) is 5.91 Å². The van der Waals surface area contributed by atoms with Gasteiger partial charge in [-0.15, -0.1) is 11.3 Å². The summed E-state index contributed by atoms with van der Waals surface area (Å²) in [5, 5.41) is 6.44. The number of hydrogen-bond donors (Lipinski definition) is 2. The second-order valence-electron chi connectivity index (χ2n) is 9.40. The molecule has 1 aromatic heterocycles. The first-order valence-corrected chi connectivity index (χ1v) is 11.4. The molecule has 2 N–H and O–H groups in total. The van der Waals surface area contributed by atoms with Gasteiger partial charge in [-0.25, -0.2) is 4.79 Å². The molecule has 5 rings (SSSR count). The molecule has 158 valence electrons. The van der Waals surface area contributed by atoms with Crippen LogP contribution >= 0.6 is 11.3 Å². The van der Waals surface area contributed by atoms with Crippen molar-refractivity contribution >= 4 is 34.1 Å². The lowest BCUT2D eigenvalue weighted by atomic mass is 9.53. The van der Waals surface area contributed by atoms with E-state index in [0.29, 0.717) is 10.6 Å². The Morgan fingerprint density at radius 3 is 2.14 bits per heavy atom. The standard InChI is InChI=1S/C22H30N2O4S/c1-11-13(3)29-20(23-14(4)25)18(11)21(27)28-12(2)19(26)24-22-8-15-5-16(9-22)7-17(6-15)10-22/h12,15-17H,5-10H2,1-4H3,(H,23,25)(H,24,26)/t12-,15?,16?,17?,22?/m1/s1. The Kier molecular flexibility index (Phi) is 5.21. The van der Waals surface area contributed by atoms with Crippen LogP contribution < -0.4 is 10.6 Å². The number of esters is 1. The van der Waals surface area contributed by atoms with Gasteiger partial charge in [-0.2, -0.15) is 0 Å². The molecule has 2 amide bonds. The lowest BCUT2D eigenvalue weighted by Gasteiger charge is -2.57. The summed E-state index contributed by atoms with van der Waals surface area (Å²) in [6.07, 6.45) is 6.22. The minimum atomic E-state index is -0.875. The molecular formula is C22H30N2O4S. The maximum atomic E-state index is 12.9. The molecule has 0 radical (unpaired) electrons. The van der Waals surface area contributed by atoms with Gasteiger partial charge in [0.15, 0.2) is 6.10 Å². The monoisotopic (exact) mass is 418 g/mol. The van der Waals surface area contributed by atoms with Crippen molar-refractivity contribution in [2.75, 3.05) is 5.32 Å². The third-order valence-electron chi connectivity index (χ3n) is 6.96. The Morgan fingerprint density at radius 2 is 1.62 bits per heavy atom. The van der Waals surface area contributed by atoms with Crippen molar-refractivity contribution in [3.8, 4) is 0 Å². The van der Waals surface area contributed by atoms with Crippen LogP contribution in [0.25, 0.3) is 0 Å². The molecule has 0 aliphatic heterocycles. The second-order valence-corrected chi connectivity index (χ2v) is 10.6. The van der Waals surface area contributed by atoms with E-state index < -0.39 is 12.1 Å². The van der Waals surface area contributed by atoms with Gasteiger partial charge in [0, 0.05) is 17.3 Å². The van der Waals surface area contributed by atoms with E-state index in [0.717, 1.165) is 47.5 Å². The van der Waals surface area contributed by atoms with E-state index in [1.807, 2.05) is 13.8 Å². The number of carbonyl (C=O) groups excluding carboxylic acids is 3. The fourth-order valence-electron chi connectivity index (χ4n) is 6.02. The highest BCUT2D eigenvalue weighted by Crippen LogP contribution is 2.55. The van der Waals surface area contributed by atoms with E-state index in [1.54, 1.807) is 6.92 Å². The summed E-state index contributed by atoms with van der Waals surface area (Å²) in [7, 11) is 0. The molecule has 0 saturated heterocycles. The fourth-order valence-corrected chi connectivity index (χ4v) is 7.11. The normalized spacial score (nSPS) is 30.7. The van der Waals surface area contributed by atoms with Crippen molar-refractivity contribution in [2.45, 2.75) is 77.9 Å². The number of amides is 2. The summed E-state index contributed by atoms with van der Waals surface area (Å²) in [6, 6.07) is 0. The van der Waals surface area contributed by atoms with Crippen molar-refractivity contribution in [1.29, 1.82) is 0 Å². The van der Waals surface area contributed by atoms with Crippen molar-refractivity contribution in [3.05, 3.63) is 16.0 Å². The number of rotatable bonds is 5. The highest BCUT2D eigenvalue weighted by molar-refractivity contribution is 7.16. The second kappa shape index (κ2) is 7.42. The van der Waals surface area contributed by atoms with Crippen LogP contribution in [0.3, 0.4) is 0 Å². The number of thiophene rings is 1. The van der Waals surface area contributed by atoms with Gasteiger partial charge >= 0.3 is 5.97 Å². The van der Waals surface area contributed by atoms with E-state index in [9.17, 15) is 14.4 Å². The molecule has 4 saturated carbocycles.